The molecule has 1 aliphatic heterocycles. The molecule has 11 heteroatoms. The summed E-state index contributed by atoms with van der Waals surface area (Å²) in [6.07, 6.45) is 2.51. The van der Waals surface area contributed by atoms with Gasteiger partial charge in [0.25, 0.3) is 5.91 Å². The zero-order valence-electron chi connectivity index (χ0n) is 16.8. The number of sulfonamides is 1. The number of hydrogen-bond donors (Lipinski definition) is 1. The second-order valence-corrected chi connectivity index (χ2v) is 9.04. The molecule has 2 aromatic carbocycles. The number of nitrogens with zero attached hydrogens (tertiary/aromatic N) is 1. The zero-order chi connectivity index (χ0) is 23.1. The summed E-state index contributed by atoms with van der Waals surface area (Å²) < 4.78 is 49.8. The summed E-state index contributed by atoms with van der Waals surface area (Å²) in [5, 5.41) is 2.57. The molecule has 170 valence electrons. The van der Waals surface area contributed by atoms with Crippen LogP contribution in [0.5, 0.6) is 0 Å². The van der Waals surface area contributed by atoms with Crippen molar-refractivity contribution in [2.45, 2.75) is 4.90 Å². The van der Waals surface area contributed by atoms with Crippen LogP contribution in [0.15, 0.2) is 53.4 Å². The quantitative estimate of drug-likeness (QED) is 0.481. The fourth-order valence-corrected chi connectivity index (χ4v) is 4.41. The third-order valence-electron chi connectivity index (χ3n) is 4.45. The molecule has 0 radical (unpaired) electrons. The average molecular weight is 483 g/mol. The molecule has 0 spiro atoms. The van der Waals surface area contributed by atoms with Crippen molar-refractivity contribution in [3.8, 4) is 0 Å². The Balaban J connectivity index is 1.59. The van der Waals surface area contributed by atoms with Gasteiger partial charge in [0.15, 0.2) is 6.61 Å². The Bertz CT molecular complexity index is 1120. The average Bonchev–Trinajstić information content (AvgIpc) is 2.79. The largest absolute Gasteiger partial charge is 0.452 e. The van der Waals surface area contributed by atoms with Gasteiger partial charge < -0.3 is 14.8 Å². The first-order valence-corrected chi connectivity index (χ1v) is 11.4. The summed E-state index contributed by atoms with van der Waals surface area (Å²) in [4.78, 5) is 23.9. The molecule has 1 N–H and O–H groups in total. The van der Waals surface area contributed by atoms with Gasteiger partial charge in [-0.2, -0.15) is 4.31 Å². The van der Waals surface area contributed by atoms with E-state index in [0.29, 0.717) is 18.8 Å². The highest BCUT2D eigenvalue weighted by atomic mass is 35.5. The van der Waals surface area contributed by atoms with E-state index < -0.39 is 34.3 Å². The minimum Gasteiger partial charge on any atom is -0.452 e. The van der Waals surface area contributed by atoms with Gasteiger partial charge in [-0.05, 0) is 42.0 Å². The predicted octanol–water partition coefficient (Wildman–Crippen LogP) is 2.70. The van der Waals surface area contributed by atoms with Crippen molar-refractivity contribution in [3.63, 3.8) is 0 Å². The Hall–Kier alpha value is -2.79. The third-order valence-corrected chi connectivity index (χ3v) is 6.67. The van der Waals surface area contributed by atoms with Gasteiger partial charge >= 0.3 is 5.97 Å². The molecule has 1 heterocycles. The van der Waals surface area contributed by atoms with Crippen LogP contribution >= 0.6 is 11.6 Å². The van der Waals surface area contributed by atoms with Crippen LogP contribution in [-0.2, 0) is 29.1 Å². The number of nitrogens with one attached hydrogen (secondary N) is 1. The molecule has 1 saturated heterocycles. The van der Waals surface area contributed by atoms with Crippen LogP contribution in [0.1, 0.15) is 5.56 Å². The van der Waals surface area contributed by atoms with E-state index >= 15 is 0 Å². The monoisotopic (exact) mass is 482 g/mol. The van der Waals surface area contributed by atoms with Crippen molar-refractivity contribution in [1.29, 1.82) is 0 Å². The molecule has 32 heavy (non-hydrogen) atoms. The second kappa shape index (κ2) is 10.7. The molecular formula is C21H20ClFN2O6S. The number of morpholine rings is 1. The van der Waals surface area contributed by atoms with Crippen LogP contribution in [0, 0.1) is 5.82 Å². The fourth-order valence-electron chi connectivity index (χ4n) is 2.81. The first-order chi connectivity index (χ1) is 15.3. The van der Waals surface area contributed by atoms with Crippen LogP contribution in [0.25, 0.3) is 6.08 Å². The predicted molar refractivity (Wildman–Crippen MR) is 116 cm³/mol. The summed E-state index contributed by atoms with van der Waals surface area (Å²) in [7, 11) is -3.77. The number of hydrogen-bond acceptors (Lipinski definition) is 6. The number of rotatable bonds is 7. The Kier molecular flexibility index (Phi) is 7.97. The van der Waals surface area contributed by atoms with Gasteiger partial charge in [-0.1, -0.05) is 23.7 Å². The fraction of sp³-hybridized carbons (Fsp3) is 0.238. The van der Waals surface area contributed by atoms with Crippen LogP contribution < -0.4 is 5.32 Å². The maximum Gasteiger partial charge on any atom is 0.331 e. The summed E-state index contributed by atoms with van der Waals surface area (Å²) in [6, 6.07) is 9.41. The van der Waals surface area contributed by atoms with Gasteiger partial charge in [0.05, 0.1) is 28.8 Å². The molecule has 0 aromatic heterocycles. The van der Waals surface area contributed by atoms with Gasteiger partial charge in [-0.25, -0.2) is 17.6 Å². The molecule has 0 saturated carbocycles. The number of amides is 1. The van der Waals surface area contributed by atoms with E-state index in [1.807, 2.05) is 0 Å². The first-order valence-electron chi connectivity index (χ1n) is 9.53. The molecule has 1 fully saturated rings. The van der Waals surface area contributed by atoms with Crippen molar-refractivity contribution in [2.75, 3.05) is 38.2 Å². The standard InChI is InChI=1S/C21H20ClFN2O6S/c22-18-7-6-17(32(28,29)25-9-11-30-12-10-25)13-19(18)24-20(26)14-31-21(27)8-3-15-1-4-16(23)5-2-15/h1-8,13H,9-12,14H2,(H,24,26)/b8-3+. The number of carbonyl (C=O) groups is 2. The SMILES string of the molecule is O=C(COC(=O)/C=C/c1ccc(F)cc1)Nc1cc(S(=O)(=O)N2CCOCC2)ccc1Cl. The van der Waals surface area contributed by atoms with Gasteiger partial charge in [-0.3, -0.25) is 4.79 Å². The summed E-state index contributed by atoms with van der Waals surface area (Å²) in [5.41, 5.74) is 0.654. The van der Waals surface area contributed by atoms with Crippen molar-refractivity contribution >= 4 is 45.3 Å². The van der Waals surface area contributed by atoms with Gasteiger partial charge in [-0.15, -0.1) is 0 Å². The van der Waals surface area contributed by atoms with Gasteiger partial charge in [0.2, 0.25) is 10.0 Å². The van der Waals surface area contributed by atoms with E-state index in [2.05, 4.69) is 5.32 Å². The van der Waals surface area contributed by atoms with Crippen molar-refractivity contribution in [3.05, 3.63) is 64.9 Å². The Labute approximate surface area is 189 Å². The normalized spacial score (nSPS) is 14.9. The molecule has 8 nitrogen and oxygen atoms in total. The highest BCUT2D eigenvalue weighted by Gasteiger charge is 2.27. The molecule has 0 bridgehead atoms. The van der Waals surface area contributed by atoms with E-state index in [-0.39, 0.29) is 28.7 Å². The number of benzene rings is 2. The topological polar surface area (TPSA) is 102 Å². The number of carbonyl (C=O) groups excluding carboxylic acids is 2. The Morgan fingerprint density at radius 3 is 2.53 bits per heavy atom. The second-order valence-electron chi connectivity index (χ2n) is 6.70. The van der Waals surface area contributed by atoms with Crippen LogP contribution in [0.2, 0.25) is 5.02 Å². The number of esters is 1. The lowest BCUT2D eigenvalue weighted by Gasteiger charge is -2.26. The lowest BCUT2D eigenvalue weighted by Crippen LogP contribution is -2.40. The molecule has 0 unspecified atom stereocenters. The first kappa shape index (κ1) is 23.9. The minimum atomic E-state index is -3.77. The van der Waals surface area contributed by atoms with Crippen LogP contribution in [-0.4, -0.2) is 57.5 Å². The summed E-state index contributed by atoms with van der Waals surface area (Å²) in [6.45, 7) is 0.459. The van der Waals surface area contributed by atoms with Crippen molar-refractivity contribution in [2.24, 2.45) is 0 Å². The zero-order valence-corrected chi connectivity index (χ0v) is 18.4. The molecule has 3 rings (SSSR count). The maximum absolute atomic E-state index is 12.9. The highest BCUT2D eigenvalue weighted by Crippen LogP contribution is 2.27. The number of ether oxygens (including phenoxy) is 2. The van der Waals surface area contributed by atoms with Crippen LogP contribution in [0.3, 0.4) is 0 Å². The number of anilines is 1. The molecule has 1 amide bonds. The highest BCUT2D eigenvalue weighted by molar-refractivity contribution is 7.89. The van der Waals surface area contributed by atoms with Gasteiger partial charge in [0.1, 0.15) is 5.82 Å². The Morgan fingerprint density at radius 2 is 1.84 bits per heavy atom. The summed E-state index contributed by atoms with van der Waals surface area (Å²) in [5.74, 6) is -1.88. The van der Waals surface area contributed by atoms with E-state index in [1.165, 1.54) is 52.8 Å². The van der Waals surface area contributed by atoms with Crippen LogP contribution in [0.4, 0.5) is 10.1 Å². The van der Waals surface area contributed by atoms with Crippen molar-refractivity contribution < 1.29 is 31.9 Å². The van der Waals surface area contributed by atoms with Crippen molar-refractivity contribution in [1.82, 2.24) is 4.31 Å². The van der Waals surface area contributed by atoms with E-state index in [1.54, 1.807) is 0 Å². The van der Waals surface area contributed by atoms with E-state index in [0.717, 1.165) is 6.08 Å². The minimum absolute atomic E-state index is 0.0293. The molecule has 0 atom stereocenters. The van der Waals surface area contributed by atoms with E-state index in [4.69, 9.17) is 21.1 Å². The molecular weight excluding hydrogens is 463 g/mol. The smallest absolute Gasteiger partial charge is 0.331 e. The Morgan fingerprint density at radius 1 is 1.16 bits per heavy atom. The van der Waals surface area contributed by atoms with E-state index in [9.17, 15) is 22.4 Å². The van der Waals surface area contributed by atoms with Gasteiger partial charge in [0, 0.05) is 19.2 Å². The summed E-state index contributed by atoms with van der Waals surface area (Å²) >= 11 is 6.08. The molecule has 2 aromatic rings. The molecule has 1 aliphatic rings. The maximum atomic E-state index is 12.9. The molecule has 0 aliphatic carbocycles. The third kappa shape index (κ3) is 6.36. The lowest BCUT2D eigenvalue weighted by atomic mass is 10.2. The lowest BCUT2D eigenvalue weighted by molar-refractivity contribution is -0.142. The number of halogens is 2.